The maximum absolute atomic E-state index is 13.1. The quantitative estimate of drug-likeness (QED) is 0.203. The van der Waals surface area contributed by atoms with Crippen molar-refractivity contribution in [2.45, 2.75) is 104 Å². The third-order valence-electron chi connectivity index (χ3n) is 3.70. The van der Waals surface area contributed by atoms with Crippen LogP contribution in [0.4, 0.5) is 4.79 Å². The van der Waals surface area contributed by atoms with Crippen LogP contribution in [0.15, 0.2) is 0 Å². The van der Waals surface area contributed by atoms with Gasteiger partial charge in [-0.1, -0.05) is 0 Å². The van der Waals surface area contributed by atoms with Gasteiger partial charge in [0.25, 0.3) is 0 Å². The van der Waals surface area contributed by atoms with Crippen LogP contribution >= 0.6 is 0 Å². The summed E-state index contributed by atoms with van der Waals surface area (Å²) in [7, 11) is 0. The Morgan fingerprint density at radius 3 is 1.55 bits per heavy atom. The molecule has 0 fully saturated rings. The summed E-state index contributed by atoms with van der Waals surface area (Å²) in [5, 5.41) is 5.69. The minimum Gasteiger partial charge on any atom is -0.458 e. The molecule has 9 nitrogen and oxygen atoms in total. The van der Waals surface area contributed by atoms with Crippen molar-refractivity contribution < 1.29 is 28.6 Å². The fourth-order valence-electron chi connectivity index (χ4n) is 2.51. The summed E-state index contributed by atoms with van der Waals surface area (Å²) in [5.74, 6) is -1.41. The molecule has 182 valence electrons. The molecule has 0 saturated carbocycles. The molecule has 0 spiro atoms. The van der Waals surface area contributed by atoms with Gasteiger partial charge in [0.05, 0.1) is 0 Å². The monoisotopic (exact) mass is 445 g/mol. The molecule has 0 unspecified atom stereocenters. The molecule has 0 radical (unpaired) electrons. The second-order valence-corrected chi connectivity index (χ2v) is 10.5. The second kappa shape index (κ2) is 11.7. The Labute approximate surface area is 187 Å². The van der Waals surface area contributed by atoms with E-state index in [-0.39, 0.29) is 13.0 Å². The number of ether oxygens (including phenoxy) is 3. The second-order valence-electron chi connectivity index (χ2n) is 10.5. The summed E-state index contributed by atoms with van der Waals surface area (Å²) in [6.45, 7) is 16.6. The van der Waals surface area contributed by atoms with E-state index in [1.54, 1.807) is 62.3 Å². The van der Waals surface area contributed by atoms with E-state index in [9.17, 15) is 14.4 Å². The molecule has 0 aliphatic heterocycles. The zero-order valence-corrected chi connectivity index (χ0v) is 20.8. The van der Waals surface area contributed by atoms with Crippen LogP contribution in [0.2, 0.25) is 0 Å². The van der Waals surface area contributed by atoms with Crippen molar-refractivity contribution in [1.82, 2.24) is 10.6 Å². The predicted octanol–water partition coefficient (Wildman–Crippen LogP) is 2.65. The molecule has 0 aromatic carbocycles. The van der Waals surface area contributed by atoms with Crippen LogP contribution < -0.4 is 16.4 Å². The van der Waals surface area contributed by atoms with Gasteiger partial charge in [0.15, 0.2) is 0 Å². The van der Waals surface area contributed by atoms with Crippen LogP contribution in [0.5, 0.6) is 0 Å². The van der Waals surface area contributed by atoms with Gasteiger partial charge in [0.1, 0.15) is 16.8 Å². The Hall–Kier alpha value is -1.87. The van der Waals surface area contributed by atoms with Gasteiger partial charge < -0.3 is 25.3 Å². The van der Waals surface area contributed by atoms with Crippen molar-refractivity contribution in [2.75, 3.05) is 19.6 Å². The van der Waals surface area contributed by atoms with Crippen molar-refractivity contribution >= 4 is 18.0 Å². The van der Waals surface area contributed by atoms with Gasteiger partial charge in [0, 0.05) is 6.54 Å². The molecule has 0 bridgehead atoms. The Kier molecular flexibility index (Phi) is 11.0. The SMILES string of the molecule is CC(C)(C)OC(=O)NCCCNC(CCCN)(C(=O)OC(C)(C)C)C(=O)OC(C)(C)C. The third kappa shape index (κ3) is 12.5. The molecule has 0 aliphatic carbocycles. The highest BCUT2D eigenvalue weighted by Gasteiger charge is 2.50. The first kappa shape index (κ1) is 29.1. The minimum atomic E-state index is -1.69. The highest BCUT2D eigenvalue weighted by molar-refractivity contribution is 6.05. The van der Waals surface area contributed by atoms with Gasteiger partial charge in [-0.15, -0.1) is 0 Å². The smallest absolute Gasteiger partial charge is 0.407 e. The average Bonchev–Trinajstić information content (AvgIpc) is 2.52. The molecule has 4 N–H and O–H groups in total. The number of nitrogens with one attached hydrogen (secondary N) is 2. The highest BCUT2D eigenvalue weighted by Crippen LogP contribution is 2.24. The number of alkyl carbamates (subject to hydrolysis) is 1. The first-order valence-corrected chi connectivity index (χ1v) is 10.8. The zero-order chi connectivity index (χ0) is 24.5. The van der Waals surface area contributed by atoms with Crippen molar-refractivity contribution in [3.05, 3.63) is 0 Å². The first-order valence-electron chi connectivity index (χ1n) is 10.8. The number of carbonyl (C=O) groups is 3. The van der Waals surface area contributed by atoms with E-state index in [0.29, 0.717) is 25.9 Å². The van der Waals surface area contributed by atoms with Gasteiger partial charge in [-0.05, 0) is 94.7 Å². The van der Waals surface area contributed by atoms with Gasteiger partial charge in [-0.3, -0.25) is 5.32 Å². The molecule has 31 heavy (non-hydrogen) atoms. The Balaban J connectivity index is 5.37. The molecule has 0 heterocycles. The fourth-order valence-corrected chi connectivity index (χ4v) is 2.51. The Morgan fingerprint density at radius 2 is 1.16 bits per heavy atom. The number of esters is 2. The highest BCUT2D eigenvalue weighted by atomic mass is 16.6. The van der Waals surface area contributed by atoms with E-state index in [0.717, 1.165) is 0 Å². The summed E-state index contributed by atoms with van der Waals surface area (Å²) in [6.07, 6.45) is 0.477. The fraction of sp³-hybridized carbons (Fsp3) is 0.864. The van der Waals surface area contributed by atoms with Crippen LogP contribution in [0.25, 0.3) is 0 Å². The summed E-state index contributed by atoms with van der Waals surface area (Å²) >= 11 is 0. The van der Waals surface area contributed by atoms with E-state index in [1.807, 2.05) is 0 Å². The molecule has 9 heteroatoms. The van der Waals surface area contributed by atoms with Crippen LogP contribution in [0, 0.1) is 0 Å². The summed E-state index contributed by atoms with van der Waals surface area (Å²) in [4.78, 5) is 38.0. The van der Waals surface area contributed by atoms with Crippen molar-refractivity contribution in [2.24, 2.45) is 5.73 Å². The lowest BCUT2D eigenvalue weighted by atomic mass is 9.92. The maximum Gasteiger partial charge on any atom is 0.407 e. The predicted molar refractivity (Wildman–Crippen MR) is 120 cm³/mol. The van der Waals surface area contributed by atoms with E-state index < -0.39 is 40.4 Å². The molecule has 0 aromatic heterocycles. The van der Waals surface area contributed by atoms with Gasteiger partial charge in [-0.2, -0.15) is 0 Å². The van der Waals surface area contributed by atoms with Crippen LogP contribution in [0.1, 0.15) is 81.6 Å². The van der Waals surface area contributed by atoms with E-state index in [4.69, 9.17) is 19.9 Å². The number of nitrogens with two attached hydrogens (primary N) is 1. The summed E-state index contributed by atoms with van der Waals surface area (Å²) in [6, 6.07) is 0. The van der Waals surface area contributed by atoms with E-state index in [1.165, 1.54) is 0 Å². The standard InChI is InChI=1S/C22H43N3O6/c1-19(2,3)29-16(26)22(12-10-13-23,17(27)30-20(4,5)6)25-15-11-14-24-18(28)31-21(7,8)9/h25H,10-15,23H2,1-9H3,(H,24,28). The van der Waals surface area contributed by atoms with Crippen LogP contribution in [-0.4, -0.2) is 60.0 Å². The average molecular weight is 446 g/mol. The van der Waals surface area contributed by atoms with Crippen LogP contribution in [-0.2, 0) is 23.8 Å². The molecule has 0 rings (SSSR count). The van der Waals surface area contributed by atoms with Gasteiger partial charge in [0.2, 0.25) is 5.54 Å². The maximum atomic E-state index is 13.1. The molecule has 1 amide bonds. The number of amides is 1. The molecule has 0 aromatic rings. The normalized spacial score (nSPS) is 12.8. The molecule has 0 atom stereocenters. The lowest BCUT2D eigenvalue weighted by molar-refractivity contribution is -0.179. The molecule has 0 saturated heterocycles. The van der Waals surface area contributed by atoms with Crippen molar-refractivity contribution in [1.29, 1.82) is 0 Å². The van der Waals surface area contributed by atoms with Gasteiger partial charge in [-0.25, -0.2) is 14.4 Å². The lowest BCUT2D eigenvalue weighted by Gasteiger charge is -2.35. The lowest BCUT2D eigenvalue weighted by Crippen LogP contribution is -2.62. The summed E-state index contributed by atoms with van der Waals surface area (Å²) in [5.41, 5.74) is 1.81. The van der Waals surface area contributed by atoms with Crippen molar-refractivity contribution in [3.63, 3.8) is 0 Å². The van der Waals surface area contributed by atoms with Gasteiger partial charge >= 0.3 is 18.0 Å². The topological polar surface area (TPSA) is 129 Å². The third-order valence-corrected chi connectivity index (χ3v) is 3.70. The Morgan fingerprint density at radius 1 is 0.710 bits per heavy atom. The minimum absolute atomic E-state index is 0.132. The largest absolute Gasteiger partial charge is 0.458 e. The number of hydrogen-bond donors (Lipinski definition) is 3. The number of hydrogen-bond acceptors (Lipinski definition) is 8. The number of carbonyl (C=O) groups excluding carboxylic acids is 3. The number of rotatable bonds is 10. The van der Waals surface area contributed by atoms with E-state index in [2.05, 4.69) is 10.6 Å². The van der Waals surface area contributed by atoms with Crippen LogP contribution in [0.3, 0.4) is 0 Å². The molecule has 0 aliphatic rings. The first-order chi connectivity index (χ1) is 13.9. The molecular weight excluding hydrogens is 402 g/mol. The summed E-state index contributed by atoms with van der Waals surface area (Å²) < 4.78 is 16.3. The van der Waals surface area contributed by atoms with Crippen molar-refractivity contribution in [3.8, 4) is 0 Å². The Bertz CT molecular complexity index is 572. The van der Waals surface area contributed by atoms with E-state index >= 15 is 0 Å². The molecular formula is C22H43N3O6. The zero-order valence-electron chi connectivity index (χ0n) is 20.8.